The van der Waals surface area contributed by atoms with E-state index in [1.54, 1.807) is 38.3 Å². The highest BCUT2D eigenvalue weighted by molar-refractivity contribution is 6.38. The summed E-state index contributed by atoms with van der Waals surface area (Å²) >= 11 is 0. The van der Waals surface area contributed by atoms with Gasteiger partial charge in [0.15, 0.2) is 5.54 Å². The molecule has 0 spiro atoms. The minimum Gasteiger partial charge on any atom is -0.497 e. The van der Waals surface area contributed by atoms with Crippen molar-refractivity contribution < 1.29 is 24.2 Å². The number of carbonyl (C=O) groups excluding carboxylic acids is 1. The van der Waals surface area contributed by atoms with Gasteiger partial charge < -0.3 is 14.6 Å². The smallest absolute Gasteiger partial charge is 0.354 e. The van der Waals surface area contributed by atoms with Crippen molar-refractivity contribution >= 4 is 23.3 Å². The van der Waals surface area contributed by atoms with E-state index in [1.807, 2.05) is 0 Å². The number of methoxy groups -OCH3 is 1. The lowest BCUT2D eigenvalue weighted by atomic mass is 9.95. The highest BCUT2D eigenvalue weighted by atomic mass is 16.5. The molecule has 0 fully saturated rings. The number of carboxylic acid groups (broad SMARTS) is 1. The molecule has 1 aromatic carbocycles. The second-order valence-corrected chi connectivity index (χ2v) is 5.03. The summed E-state index contributed by atoms with van der Waals surface area (Å²) in [5.41, 5.74) is -0.677. The Labute approximate surface area is 128 Å². The van der Waals surface area contributed by atoms with Crippen LogP contribution in [0.3, 0.4) is 0 Å². The predicted octanol–water partition coefficient (Wildman–Crippen LogP) is 1.67. The van der Waals surface area contributed by atoms with E-state index >= 15 is 0 Å². The van der Waals surface area contributed by atoms with Crippen LogP contribution in [0.5, 0.6) is 5.75 Å². The summed E-state index contributed by atoms with van der Waals surface area (Å²) in [5.74, 6) is -1.01. The molecule has 0 saturated heterocycles. The molecule has 1 aromatic rings. The van der Waals surface area contributed by atoms with Gasteiger partial charge in [-0.3, -0.25) is 0 Å². The van der Waals surface area contributed by atoms with Crippen LogP contribution < -0.4 is 9.75 Å². The minimum absolute atomic E-state index is 0.0206. The van der Waals surface area contributed by atoms with Crippen LogP contribution in [0.15, 0.2) is 29.4 Å². The van der Waals surface area contributed by atoms with Gasteiger partial charge in [0.2, 0.25) is 0 Å². The normalized spacial score (nSPS) is 20.5. The standard InChI is InChI=1S/C15H18N2O5/c1-4-22-13(18)12-9-15(2,14(19)20)17(16-12)10-5-7-11(21-3)8-6-10/h5-8H,4,9H2,1-3H3,(H,19,20)/t15-/m1/s1. The molecule has 22 heavy (non-hydrogen) atoms. The van der Waals surface area contributed by atoms with Gasteiger partial charge in [-0.05, 0) is 38.1 Å². The number of hydrogen-bond donors (Lipinski definition) is 1. The van der Waals surface area contributed by atoms with Crippen molar-refractivity contribution in [1.82, 2.24) is 0 Å². The van der Waals surface area contributed by atoms with Gasteiger partial charge in [0.25, 0.3) is 0 Å². The van der Waals surface area contributed by atoms with E-state index < -0.39 is 17.5 Å². The molecule has 1 aliphatic heterocycles. The topological polar surface area (TPSA) is 88.4 Å². The molecule has 2 rings (SSSR count). The zero-order valence-corrected chi connectivity index (χ0v) is 12.7. The van der Waals surface area contributed by atoms with Crippen molar-refractivity contribution in [3.05, 3.63) is 24.3 Å². The number of carboxylic acids is 1. The first kappa shape index (κ1) is 15.8. The number of ether oxygens (including phenoxy) is 2. The highest BCUT2D eigenvalue weighted by Crippen LogP contribution is 2.34. The number of aliphatic carboxylic acids is 1. The van der Waals surface area contributed by atoms with Crippen LogP contribution in [0.2, 0.25) is 0 Å². The largest absolute Gasteiger partial charge is 0.497 e. The molecule has 7 nitrogen and oxygen atoms in total. The first-order valence-electron chi connectivity index (χ1n) is 6.84. The quantitative estimate of drug-likeness (QED) is 0.832. The molecular weight excluding hydrogens is 288 g/mol. The Bertz CT molecular complexity index is 611. The summed E-state index contributed by atoms with van der Waals surface area (Å²) in [4.78, 5) is 23.5. The average Bonchev–Trinajstić information content (AvgIpc) is 2.87. The number of anilines is 1. The Morgan fingerprint density at radius 2 is 2.00 bits per heavy atom. The number of carbonyl (C=O) groups is 2. The Morgan fingerprint density at radius 1 is 1.36 bits per heavy atom. The van der Waals surface area contributed by atoms with Crippen molar-refractivity contribution in [3.8, 4) is 5.75 Å². The SMILES string of the molecule is CCOC(=O)C1=NN(c2ccc(OC)cc2)[C@@](C)(C(=O)O)C1. The number of nitrogens with zero attached hydrogens (tertiary/aromatic N) is 2. The van der Waals surface area contributed by atoms with Gasteiger partial charge >= 0.3 is 11.9 Å². The summed E-state index contributed by atoms with van der Waals surface area (Å²) < 4.78 is 9.99. The lowest BCUT2D eigenvalue weighted by Crippen LogP contribution is -2.47. The molecule has 1 atom stereocenters. The Kier molecular flexibility index (Phi) is 4.35. The second-order valence-electron chi connectivity index (χ2n) is 5.03. The third-order valence-electron chi connectivity index (χ3n) is 3.49. The van der Waals surface area contributed by atoms with Gasteiger partial charge in [-0.25, -0.2) is 14.6 Å². The fourth-order valence-corrected chi connectivity index (χ4v) is 2.23. The maximum absolute atomic E-state index is 11.8. The molecule has 0 unspecified atom stereocenters. The summed E-state index contributed by atoms with van der Waals surface area (Å²) in [6.45, 7) is 3.42. The first-order valence-corrected chi connectivity index (χ1v) is 6.84. The number of rotatable bonds is 5. The molecule has 0 bridgehead atoms. The molecule has 0 aromatic heterocycles. The van der Waals surface area contributed by atoms with Gasteiger partial charge in [-0.15, -0.1) is 0 Å². The Balaban J connectivity index is 2.38. The number of hydrogen-bond acceptors (Lipinski definition) is 6. The van der Waals surface area contributed by atoms with Crippen LogP contribution in [-0.4, -0.2) is 42.0 Å². The van der Waals surface area contributed by atoms with Crippen molar-refractivity contribution in [2.45, 2.75) is 25.8 Å². The van der Waals surface area contributed by atoms with E-state index in [0.29, 0.717) is 11.4 Å². The lowest BCUT2D eigenvalue weighted by molar-refractivity contribution is -0.142. The van der Waals surface area contributed by atoms with E-state index in [-0.39, 0.29) is 18.7 Å². The highest BCUT2D eigenvalue weighted by Gasteiger charge is 2.48. The van der Waals surface area contributed by atoms with E-state index in [9.17, 15) is 14.7 Å². The summed E-state index contributed by atoms with van der Waals surface area (Å²) in [7, 11) is 1.54. The summed E-state index contributed by atoms with van der Waals surface area (Å²) in [6, 6.07) is 6.79. The van der Waals surface area contributed by atoms with Crippen LogP contribution >= 0.6 is 0 Å². The third kappa shape index (κ3) is 2.74. The van der Waals surface area contributed by atoms with Crippen LogP contribution in [0, 0.1) is 0 Å². The first-order chi connectivity index (χ1) is 10.4. The molecular formula is C15H18N2O5. The number of hydrazone groups is 1. The van der Waals surface area contributed by atoms with Gasteiger partial charge in [0, 0.05) is 6.42 Å². The molecule has 0 saturated carbocycles. The Hall–Kier alpha value is -2.57. The fourth-order valence-electron chi connectivity index (χ4n) is 2.23. The van der Waals surface area contributed by atoms with Gasteiger partial charge in [0.05, 0.1) is 19.4 Å². The molecule has 1 heterocycles. The number of benzene rings is 1. The van der Waals surface area contributed by atoms with Crippen molar-refractivity contribution in [3.63, 3.8) is 0 Å². The lowest BCUT2D eigenvalue weighted by Gasteiger charge is -2.30. The van der Waals surface area contributed by atoms with Crippen LogP contribution in [0.25, 0.3) is 0 Å². The zero-order chi connectivity index (χ0) is 16.3. The van der Waals surface area contributed by atoms with Crippen LogP contribution in [-0.2, 0) is 14.3 Å². The van der Waals surface area contributed by atoms with E-state index in [0.717, 1.165) is 0 Å². The van der Waals surface area contributed by atoms with E-state index in [2.05, 4.69) is 5.10 Å². The third-order valence-corrected chi connectivity index (χ3v) is 3.49. The van der Waals surface area contributed by atoms with Crippen molar-refractivity contribution in [2.75, 3.05) is 18.7 Å². The molecule has 0 aliphatic carbocycles. The summed E-state index contributed by atoms with van der Waals surface area (Å²) in [5, 5.41) is 15.0. The second kappa shape index (κ2) is 6.05. The summed E-state index contributed by atoms with van der Waals surface area (Å²) in [6.07, 6.45) is -0.0206. The van der Waals surface area contributed by atoms with Gasteiger partial charge in [0.1, 0.15) is 11.5 Å². The Morgan fingerprint density at radius 3 is 2.50 bits per heavy atom. The van der Waals surface area contributed by atoms with Crippen LogP contribution in [0.1, 0.15) is 20.3 Å². The van der Waals surface area contributed by atoms with Crippen molar-refractivity contribution in [1.29, 1.82) is 0 Å². The van der Waals surface area contributed by atoms with E-state index in [4.69, 9.17) is 9.47 Å². The zero-order valence-electron chi connectivity index (χ0n) is 12.7. The number of esters is 1. The molecule has 7 heteroatoms. The van der Waals surface area contributed by atoms with Crippen LogP contribution in [0.4, 0.5) is 5.69 Å². The van der Waals surface area contributed by atoms with Gasteiger partial charge in [-0.1, -0.05) is 0 Å². The average molecular weight is 306 g/mol. The fraction of sp³-hybridized carbons (Fsp3) is 0.400. The van der Waals surface area contributed by atoms with Crippen molar-refractivity contribution in [2.24, 2.45) is 5.10 Å². The molecule has 118 valence electrons. The minimum atomic E-state index is -1.34. The maximum atomic E-state index is 11.8. The predicted molar refractivity (Wildman–Crippen MR) is 80.2 cm³/mol. The monoisotopic (exact) mass is 306 g/mol. The maximum Gasteiger partial charge on any atom is 0.354 e. The molecule has 0 radical (unpaired) electrons. The van der Waals surface area contributed by atoms with E-state index in [1.165, 1.54) is 11.9 Å². The molecule has 1 aliphatic rings. The molecule has 0 amide bonds. The molecule has 1 N–H and O–H groups in total. The van der Waals surface area contributed by atoms with Gasteiger partial charge in [-0.2, -0.15) is 5.10 Å².